The lowest BCUT2D eigenvalue weighted by Gasteiger charge is -2.30. The zero-order valence-corrected chi connectivity index (χ0v) is 18.5. The number of nitrogens with one attached hydrogen (secondary N) is 2. The van der Waals surface area contributed by atoms with Crippen LogP contribution in [0.1, 0.15) is 0 Å². The Morgan fingerprint density at radius 1 is 1.28 bits per heavy atom. The number of aliphatic imine (C=N–C) groups is 1. The molecule has 2 amide bonds. The van der Waals surface area contributed by atoms with Crippen molar-refractivity contribution in [3.05, 3.63) is 53.8 Å². The lowest BCUT2D eigenvalue weighted by Crippen LogP contribution is -2.51. The molecule has 0 radical (unpaired) electrons. The van der Waals surface area contributed by atoms with Gasteiger partial charge in [0, 0.05) is 31.6 Å². The minimum Gasteiger partial charge on any atom is -0.378 e. The van der Waals surface area contributed by atoms with Crippen molar-refractivity contribution in [1.29, 1.82) is 0 Å². The first-order valence-electron chi connectivity index (χ1n) is 10.3. The van der Waals surface area contributed by atoms with Crippen molar-refractivity contribution >= 4 is 40.3 Å². The molecule has 1 saturated heterocycles. The average Bonchev–Trinajstić information content (AvgIpc) is 3.23. The van der Waals surface area contributed by atoms with Gasteiger partial charge in [-0.05, 0) is 36.0 Å². The number of anilines is 1. The van der Waals surface area contributed by atoms with Gasteiger partial charge in [0.2, 0.25) is 0 Å². The monoisotopic (exact) mass is 458 g/mol. The van der Waals surface area contributed by atoms with Gasteiger partial charge in [0.05, 0.1) is 25.4 Å². The highest BCUT2D eigenvalue weighted by atomic mass is 32.2. The predicted octanol–water partition coefficient (Wildman–Crippen LogP) is 2.59. The van der Waals surface area contributed by atoms with E-state index in [0.717, 1.165) is 18.9 Å². The van der Waals surface area contributed by atoms with Crippen LogP contribution in [-0.2, 0) is 4.74 Å². The molecule has 11 heteroatoms. The number of amides is 2. The van der Waals surface area contributed by atoms with E-state index in [1.54, 1.807) is 19.2 Å². The third-order valence-corrected chi connectivity index (χ3v) is 6.11. The van der Waals surface area contributed by atoms with E-state index in [1.165, 1.54) is 23.9 Å². The maximum atomic E-state index is 13.7. The highest BCUT2D eigenvalue weighted by Gasteiger charge is 2.41. The molecule has 32 heavy (non-hydrogen) atoms. The molecule has 1 aromatic carbocycles. The predicted molar refractivity (Wildman–Crippen MR) is 124 cm³/mol. The Hall–Kier alpha value is -3.02. The summed E-state index contributed by atoms with van der Waals surface area (Å²) in [6.45, 7) is 3.71. The Morgan fingerprint density at radius 2 is 2.12 bits per heavy atom. The molecule has 2 aromatic rings. The third-order valence-electron chi connectivity index (χ3n) is 5.22. The molecule has 3 heterocycles. The highest BCUT2D eigenvalue weighted by Crippen LogP contribution is 2.35. The summed E-state index contributed by atoms with van der Waals surface area (Å²) >= 11 is 1.44. The second kappa shape index (κ2) is 10.1. The van der Waals surface area contributed by atoms with E-state index in [-0.39, 0.29) is 16.3 Å². The van der Waals surface area contributed by atoms with E-state index >= 15 is 0 Å². The van der Waals surface area contributed by atoms with Crippen molar-refractivity contribution in [1.82, 2.24) is 25.3 Å². The quantitative estimate of drug-likeness (QED) is 0.647. The van der Waals surface area contributed by atoms with Crippen LogP contribution in [0.2, 0.25) is 0 Å². The van der Waals surface area contributed by atoms with Crippen LogP contribution in [0.15, 0.2) is 53.0 Å². The Labute approximate surface area is 189 Å². The normalized spacial score (nSPS) is 21.7. The zero-order chi connectivity index (χ0) is 22.4. The Bertz CT molecular complexity index is 1010. The molecule has 1 unspecified atom stereocenters. The molecule has 1 atom stereocenters. The van der Waals surface area contributed by atoms with Gasteiger partial charge >= 0.3 is 6.03 Å². The topological polar surface area (TPSA) is 91.7 Å². The number of hydrogen-bond acceptors (Lipinski definition) is 7. The molecular formula is C21H25FN7O2S+. The first kappa shape index (κ1) is 22.2. The van der Waals surface area contributed by atoms with Crippen LogP contribution in [0.25, 0.3) is 0 Å². The molecule has 0 spiro atoms. The van der Waals surface area contributed by atoms with Gasteiger partial charge in [-0.25, -0.2) is 9.18 Å². The van der Waals surface area contributed by atoms with Gasteiger partial charge in [0.15, 0.2) is 5.82 Å². The summed E-state index contributed by atoms with van der Waals surface area (Å²) in [4.78, 5) is 18.5. The number of quaternary nitrogens is 1. The van der Waals surface area contributed by atoms with Crippen LogP contribution in [0.3, 0.4) is 0 Å². The van der Waals surface area contributed by atoms with Crippen molar-refractivity contribution < 1.29 is 13.9 Å². The summed E-state index contributed by atoms with van der Waals surface area (Å²) in [5.74, 6) is 1.10. The van der Waals surface area contributed by atoms with Crippen LogP contribution in [-0.4, -0.2) is 67.8 Å². The molecular weight excluding hydrogens is 433 g/mol. The SMILES string of the molecule is CNC(=O)NCC[N+]1(c2ccc(N3CCOCC3)nn2)C=CSC1=Nc1cccc(F)c1. The molecule has 0 saturated carbocycles. The first-order valence-corrected chi connectivity index (χ1v) is 11.2. The minimum absolute atomic E-state index is 0.168. The number of nitrogens with zero attached hydrogens (tertiary/aromatic N) is 5. The van der Waals surface area contributed by atoms with E-state index in [2.05, 4.69) is 25.7 Å². The molecule has 2 aliphatic rings. The van der Waals surface area contributed by atoms with Gasteiger partial charge in [-0.2, -0.15) is 9.48 Å². The lowest BCUT2D eigenvalue weighted by atomic mass is 10.3. The van der Waals surface area contributed by atoms with Crippen LogP contribution in [0.4, 0.5) is 26.5 Å². The Morgan fingerprint density at radius 3 is 2.84 bits per heavy atom. The summed E-state index contributed by atoms with van der Waals surface area (Å²) in [6, 6.07) is 9.74. The Balaban J connectivity index is 1.65. The lowest BCUT2D eigenvalue weighted by molar-refractivity contribution is 0.122. The second-order valence-electron chi connectivity index (χ2n) is 7.22. The van der Waals surface area contributed by atoms with Gasteiger partial charge in [-0.15, -0.1) is 5.10 Å². The fourth-order valence-electron chi connectivity index (χ4n) is 3.51. The molecule has 0 bridgehead atoms. The summed E-state index contributed by atoms with van der Waals surface area (Å²) in [6.07, 6.45) is 1.97. The number of halogens is 1. The van der Waals surface area contributed by atoms with E-state index < -0.39 is 0 Å². The standard InChI is InChI=1S/C21H24FN7O2S/c1-23-20(30)24-7-10-29(11-14-32-21(29)25-17-4-2-3-16(22)15-17)19-6-5-18(26-27-19)28-8-12-31-13-9-28/h2-6,11,14-15H,7-10,12-13H2,1H3,(H-,23,24,30)/p+1. The van der Waals surface area contributed by atoms with Gasteiger partial charge in [-0.3, -0.25) is 0 Å². The summed E-state index contributed by atoms with van der Waals surface area (Å²) in [7, 11) is 1.57. The van der Waals surface area contributed by atoms with Gasteiger partial charge in [0.25, 0.3) is 11.0 Å². The van der Waals surface area contributed by atoms with E-state index in [4.69, 9.17) is 9.73 Å². The fourth-order valence-corrected chi connectivity index (χ4v) is 4.49. The van der Waals surface area contributed by atoms with Crippen LogP contribution in [0, 0.1) is 5.82 Å². The van der Waals surface area contributed by atoms with Gasteiger partial charge in [0.1, 0.15) is 18.6 Å². The van der Waals surface area contributed by atoms with Crippen LogP contribution >= 0.6 is 11.8 Å². The molecule has 2 aliphatic heterocycles. The van der Waals surface area contributed by atoms with E-state index in [1.807, 2.05) is 23.7 Å². The zero-order valence-electron chi connectivity index (χ0n) is 17.7. The van der Waals surface area contributed by atoms with Crippen molar-refractivity contribution in [2.75, 3.05) is 51.3 Å². The molecule has 1 fully saturated rings. The fraction of sp³-hybridized carbons (Fsp3) is 0.333. The number of rotatable bonds is 6. The number of amidine groups is 1. The molecule has 1 aromatic heterocycles. The van der Waals surface area contributed by atoms with E-state index in [0.29, 0.717) is 43.0 Å². The van der Waals surface area contributed by atoms with Crippen LogP contribution in [0.5, 0.6) is 0 Å². The van der Waals surface area contributed by atoms with Crippen molar-refractivity contribution in [2.24, 2.45) is 4.99 Å². The first-order chi connectivity index (χ1) is 15.6. The molecule has 9 nitrogen and oxygen atoms in total. The molecule has 168 valence electrons. The summed E-state index contributed by atoms with van der Waals surface area (Å²) in [5, 5.41) is 17.0. The number of urea groups is 1. The average molecular weight is 459 g/mol. The molecule has 0 aliphatic carbocycles. The number of thioether (sulfide) groups is 1. The van der Waals surface area contributed by atoms with Crippen LogP contribution < -0.4 is 20.0 Å². The number of hydrogen-bond donors (Lipinski definition) is 2. The van der Waals surface area contributed by atoms with Crippen molar-refractivity contribution in [3.8, 4) is 0 Å². The molecule has 4 rings (SSSR count). The number of ether oxygens (including phenoxy) is 1. The Kier molecular flexibility index (Phi) is 6.98. The maximum absolute atomic E-state index is 13.7. The third kappa shape index (κ3) is 4.90. The summed E-state index contributed by atoms with van der Waals surface area (Å²) in [5.41, 5.74) is 0.510. The largest absolute Gasteiger partial charge is 0.378 e. The van der Waals surface area contributed by atoms with Gasteiger partial charge in [-0.1, -0.05) is 11.2 Å². The maximum Gasteiger partial charge on any atom is 0.314 e. The second-order valence-corrected chi connectivity index (χ2v) is 8.10. The van der Waals surface area contributed by atoms with Gasteiger partial charge < -0.3 is 20.3 Å². The number of benzene rings is 1. The smallest absolute Gasteiger partial charge is 0.314 e. The molecule has 2 N–H and O–H groups in total. The number of aromatic nitrogens is 2. The number of morpholine rings is 1. The van der Waals surface area contributed by atoms with E-state index in [9.17, 15) is 9.18 Å². The highest BCUT2D eigenvalue weighted by molar-refractivity contribution is 8.16. The van der Waals surface area contributed by atoms with Crippen molar-refractivity contribution in [2.45, 2.75) is 0 Å². The minimum atomic E-state index is -0.350. The van der Waals surface area contributed by atoms with Crippen molar-refractivity contribution in [3.63, 3.8) is 0 Å². The summed E-state index contributed by atoms with van der Waals surface area (Å²) < 4.78 is 19.3. The number of carbonyl (C=O) groups is 1. The number of carbonyl (C=O) groups excluding carboxylic acids is 1.